The summed E-state index contributed by atoms with van der Waals surface area (Å²) in [7, 11) is 1.41. The lowest BCUT2D eigenvalue weighted by molar-refractivity contribution is -0.122. The summed E-state index contributed by atoms with van der Waals surface area (Å²) in [6.45, 7) is -0.116. The lowest BCUT2D eigenvalue weighted by Crippen LogP contribution is -2.15. The highest BCUT2D eigenvalue weighted by atomic mass is 35.5. The Morgan fingerprint density at radius 2 is 2.29 bits per heavy atom. The van der Waals surface area contributed by atoms with Crippen LogP contribution < -0.4 is 0 Å². The summed E-state index contributed by atoms with van der Waals surface area (Å²) in [5, 5.41) is 12.3. The molecule has 2 aromatic rings. The Morgan fingerprint density at radius 3 is 2.90 bits per heavy atom. The molecule has 21 heavy (non-hydrogen) atoms. The van der Waals surface area contributed by atoms with E-state index in [2.05, 4.69) is 4.98 Å². The van der Waals surface area contributed by atoms with Crippen molar-refractivity contribution >= 4 is 40.3 Å². The first-order valence-electron chi connectivity index (χ1n) is 5.89. The number of benzene rings is 1. The molecule has 0 N–H and O–H groups in total. The number of carbonyl (C=O) groups is 1. The van der Waals surface area contributed by atoms with E-state index in [1.807, 2.05) is 6.07 Å². The molecule has 2 rings (SSSR count). The summed E-state index contributed by atoms with van der Waals surface area (Å²) in [5.41, 5.74) is 1.32. The molecule has 0 aliphatic heterocycles. The predicted molar refractivity (Wildman–Crippen MR) is 82.8 cm³/mol. The fraction of sp³-hybridized carbons (Fsp3) is 0.214. The average Bonchev–Trinajstić information content (AvgIpc) is 2.89. The number of aromatic nitrogens is 1. The van der Waals surface area contributed by atoms with E-state index in [4.69, 9.17) is 33.2 Å². The Bertz CT molecular complexity index is 709. The third-order valence-corrected chi connectivity index (χ3v) is 4.17. The summed E-state index contributed by atoms with van der Waals surface area (Å²) >= 11 is 13.2. The number of ether oxygens (including phenoxy) is 1. The lowest BCUT2D eigenvalue weighted by Gasteiger charge is -2.04. The molecule has 0 radical (unpaired) electrons. The maximum absolute atomic E-state index is 11.8. The first-order chi connectivity index (χ1) is 10.1. The minimum absolute atomic E-state index is 0.116. The Morgan fingerprint density at radius 1 is 1.52 bits per heavy atom. The van der Waals surface area contributed by atoms with Crippen LogP contribution in [0.2, 0.25) is 10.0 Å². The topological polar surface area (TPSA) is 63.0 Å². The monoisotopic (exact) mass is 340 g/mol. The molecule has 1 atom stereocenters. The Balaban J connectivity index is 2.33. The van der Waals surface area contributed by atoms with Gasteiger partial charge in [0.2, 0.25) is 0 Å². The van der Waals surface area contributed by atoms with Crippen molar-refractivity contribution < 1.29 is 9.53 Å². The number of rotatable bonds is 5. The molecular weight excluding hydrogens is 331 g/mol. The zero-order valence-electron chi connectivity index (χ0n) is 11.0. The van der Waals surface area contributed by atoms with Crippen LogP contribution in [-0.2, 0) is 9.53 Å². The molecule has 1 aromatic carbocycles. The van der Waals surface area contributed by atoms with Gasteiger partial charge in [-0.3, -0.25) is 4.79 Å². The first-order valence-corrected chi connectivity index (χ1v) is 7.52. The average molecular weight is 341 g/mol. The van der Waals surface area contributed by atoms with Crippen LogP contribution in [0, 0.1) is 11.3 Å². The largest absolute Gasteiger partial charge is 0.377 e. The van der Waals surface area contributed by atoms with E-state index in [0.717, 1.165) is 0 Å². The molecular formula is C14H10Cl2N2O2S. The summed E-state index contributed by atoms with van der Waals surface area (Å²) in [5.74, 6) is -1.24. The van der Waals surface area contributed by atoms with E-state index < -0.39 is 5.92 Å². The van der Waals surface area contributed by atoms with Gasteiger partial charge in [0.15, 0.2) is 11.7 Å². The fourth-order valence-electron chi connectivity index (χ4n) is 1.73. The Hall–Kier alpha value is -1.45. The van der Waals surface area contributed by atoms with Crippen molar-refractivity contribution in [1.29, 1.82) is 5.26 Å². The minimum atomic E-state index is -0.922. The summed E-state index contributed by atoms with van der Waals surface area (Å²) in [6, 6.07) is 7.04. The van der Waals surface area contributed by atoms with Crippen molar-refractivity contribution in [1.82, 2.24) is 4.98 Å². The maximum atomic E-state index is 11.8. The number of ketones is 1. The molecule has 0 bridgehead atoms. The normalized spacial score (nSPS) is 11.9. The SMILES string of the molecule is COCC(=O)[C@@H](C#N)c1nc(-c2ccc(Cl)cc2Cl)cs1. The van der Waals surface area contributed by atoms with Gasteiger partial charge in [0.1, 0.15) is 11.6 Å². The van der Waals surface area contributed by atoms with Crippen LogP contribution in [0.15, 0.2) is 23.6 Å². The van der Waals surface area contributed by atoms with Crippen LogP contribution in [0.5, 0.6) is 0 Å². The molecule has 0 aliphatic carbocycles. The van der Waals surface area contributed by atoms with Crippen LogP contribution in [0.25, 0.3) is 11.3 Å². The highest BCUT2D eigenvalue weighted by Crippen LogP contribution is 2.32. The fourth-order valence-corrected chi connectivity index (χ4v) is 3.12. The molecule has 1 heterocycles. The molecule has 0 saturated heterocycles. The van der Waals surface area contributed by atoms with Gasteiger partial charge in [-0.1, -0.05) is 23.2 Å². The second kappa shape index (κ2) is 7.01. The third kappa shape index (κ3) is 3.60. The van der Waals surface area contributed by atoms with Gasteiger partial charge in [-0.05, 0) is 18.2 Å². The number of nitriles is 1. The van der Waals surface area contributed by atoms with Crippen molar-refractivity contribution in [2.45, 2.75) is 5.92 Å². The summed E-state index contributed by atoms with van der Waals surface area (Å²) < 4.78 is 4.77. The number of halogens is 2. The predicted octanol–water partition coefficient (Wildman–Crippen LogP) is 3.94. The van der Waals surface area contributed by atoms with E-state index in [1.165, 1.54) is 18.4 Å². The van der Waals surface area contributed by atoms with Crippen molar-refractivity contribution in [2.75, 3.05) is 13.7 Å². The number of hydrogen-bond acceptors (Lipinski definition) is 5. The van der Waals surface area contributed by atoms with Crippen LogP contribution in [0.3, 0.4) is 0 Å². The summed E-state index contributed by atoms with van der Waals surface area (Å²) in [6.07, 6.45) is 0. The Kier molecular flexibility index (Phi) is 5.32. The second-order valence-corrected chi connectivity index (χ2v) is 5.89. The quantitative estimate of drug-likeness (QED) is 0.826. The van der Waals surface area contributed by atoms with Gasteiger partial charge in [0, 0.05) is 23.1 Å². The molecule has 1 aromatic heterocycles. The molecule has 108 valence electrons. The van der Waals surface area contributed by atoms with Crippen molar-refractivity contribution in [3.8, 4) is 17.3 Å². The van der Waals surface area contributed by atoms with Crippen molar-refractivity contribution in [3.05, 3.63) is 38.6 Å². The maximum Gasteiger partial charge on any atom is 0.182 e. The highest BCUT2D eigenvalue weighted by Gasteiger charge is 2.23. The zero-order valence-corrected chi connectivity index (χ0v) is 13.3. The second-order valence-electron chi connectivity index (χ2n) is 4.16. The molecule has 0 saturated carbocycles. The van der Waals surface area contributed by atoms with Gasteiger partial charge in [-0.2, -0.15) is 5.26 Å². The van der Waals surface area contributed by atoms with Gasteiger partial charge in [-0.25, -0.2) is 4.98 Å². The van der Waals surface area contributed by atoms with Gasteiger partial charge in [0.25, 0.3) is 0 Å². The number of Topliss-reactive ketones (excluding diaryl/α,β-unsaturated/α-hetero) is 1. The summed E-state index contributed by atoms with van der Waals surface area (Å²) in [4.78, 5) is 16.1. The molecule has 0 unspecified atom stereocenters. The number of nitrogens with zero attached hydrogens (tertiary/aromatic N) is 2. The molecule has 7 heteroatoms. The third-order valence-electron chi connectivity index (χ3n) is 2.71. The standard InChI is InChI=1S/C14H10Cl2N2O2S/c1-20-6-13(19)10(5-17)14-18-12(7-21-14)9-3-2-8(15)4-11(9)16/h2-4,7,10H,6H2,1H3/t10-/m1/s1. The lowest BCUT2D eigenvalue weighted by atomic mass is 10.1. The number of methoxy groups -OCH3 is 1. The Labute approximate surface area is 135 Å². The van der Waals surface area contributed by atoms with Gasteiger partial charge in [0.05, 0.1) is 16.8 Å². The molecule has 4 nitrogen and oxygen atoms in total. The zero-order chi connectivity index (χ0) is 15.4. The highest BCUT2D eigenvalue weighted by molar-refractivity contribution is 7.10. The molecule has 0 fully saturated rings. The van der Waals surface area contributed by atoms with Crippen molar-refractivity contribution in [2.24, 2.45) is 0 Å². The van der Waals surface area contributed by atoms with E-state index in [-0.39, 0.29) is 12.4 Å². The van der Waals surface area contributed by atoms with E-state index in [0.29, 0.717) is 26.3 Å². The van der Waals surface area contributed by atoms with E-state index >= 15 is 0 Å². The van der Waals surface area contributed by atoms with Crippen LogP contribution >= 0.6 is 34.5 Å². The van der Waals surface area contributed by atoms with E-state index in [1.54, 1.807) is 23.6 Å². The first kappa shape index (κ1) is 15.9. The van der Waals surface area contributed by atoms with Crippen LogP contribution in [0.1, 0.15) is 10.9 Å². The van der Waals surface area contributed by atoms with Crippen molar-refractivity contribution in [3.63, 3.8) is 0 Å². The van der Waals surface area contributed by atoms with Gasteiger partial charge >= 0.3 is 0 Å². The minimum Gasteiger partial charge on any atom is -0.377 e. The van der Waals surface area contributed by atoms with Gasteiger partial charge in [-0.15, -0.1) is 11.3 Å². The molecule has 0 amide bonds. The number of thiazole rings is 1. The van der Waals surface area contributed by atoms with E-state index in [9.17, 15) is 4.79 Å². The van der Waals surface area contributed by atoms with Gasteiger partial charge < -0.3 is 4.74 Å². The smallest absolute Gasteiger partial charge is 0.182 e. The van der Waals surface area contributed by atoms with Crippen LogP contribution in [-0.4, -0.2) is 24.5 Å². The van der Waals surface area contributed by atoms with Crippen LogP contribution in [0.4, 0.5) is 0 Å². The number of hydrogen-bond donors (Lipinski definition) is 0. The molecule has 0 aliphatic rings. The number of carbonyl (C=O) groups excluding carboxylic acids is 1. The molecule has 0 spiro atoms.